The highest BCUT2D eigenvalue weighted by molar-refractivity contribution is 5.84. The summed E-state index contributed by atoms with van der Waals surface area (Å²) in [6.07, 6.45) is -0.103. The molecule has 0 saturated carbocycles. The van der Waals surface area contributed by atoms with Crippen LogP contribution >= 0.6 is 0 Å². The molecule has 1 heterocycles. The zero-order valence-corrected chi connectivity index (χ0v) is 11.2. The van der Waals surface area contributed by atoms with Gasteiger partial charge in [0.15, 0.2) is 0 Å². The number of ether oxygens (including phenoxy) is 1. The monoisotopic (exact) mass is 265 g/mol. The molecular formula is C16H15N3O. The lowest BCUT2D eigenvalue weighted by atomic mass is 10.1. The first-order chi connectivity index (χ1) is 9.74. The van der Waals surface area contributed by atoms with Crippen molar-refractivity contribution in [2.75, 3.05) is 5.73 Å². The maximum atomic E-state index is 5.96. The maximum absolute atomic E-state index is 5.96. The molecule has 0 saturated heterocycles. The summed E-state index contributed by atoms with van der Waals surface area (Å²) in [4.78, 5) is 8.41. The standard InChI is InChI=1S/C16H15N3O/c1-11(12-7-3-2-4-8-12)20-15-13-9-5-6-10-14(13)18-16(17)19-15/h2-11H,1H3,(H2,17,18,19). The Balaban J connectivity index is 1.98. The Morgan fingerprint density at radius 2 is 1.65 bits per heavy atom. The molecule has 100 valence electrons. The SMILES string of the molecule is CC(Oc1nc(N)nc2ccccc12)c1ccccc1. The molecule has 3 rings (SSSR count). The Labute approximate surface area is 117 Å². The number of benzene rings is 2. The summed E-state index contributed by atoms with van der Waals surface area (Å²) >= 11 is 0. The van der Waals surface area contributed by atoms with Gasteiger partial charge in [-0.05, 0) is 24.6 Å². The molecule has 20 heavy (non-hydrogen) atoms. The lowest BCUT2D eigenvalue weighted by Crippen LogP contribution is -2.06. The second-order valence-electron chi connectivity index (χ2n) is 4.57. The molecule has 0 amide bonds. The van der Waals surface area contributed by atoms with Crippen molar-refractivity contribution in [3.8, 4) is 5.88 Å². The minimum atomic E-state index is -0.103. The van der Waals surface area contributed by atoms with Gasteiger partial charge in [-0.25, -0.2) is 4.98 Å². The van der Waals surface area contributed by atoms with E-state index in [1.54, 1.807) is 0 Å². The second kappa shape index (κ2) is 5.17. The van der Waals surface area contributed by atoms with Crippen LogP contribution in [0.4, 0.5) is 5.95 Å². The van der Waals surface area contributed by atoms with Crippen LogP contribution in [0.15, 0.2) is 54.6 Å². The van der Waals surface area contributed by atoms with Gasteiger partial charge in [-0.3, -0.25) is 0 Å². The van der Waals surface area contributed by atoms with Gasteiger partial charge in [-0.2, -0.15) is 4.98 Å². The molecule has 0 aliphatic rings. The van der Waals surface area contributed by atoms with Gasteiger partial charge in [0.2, 0.25) is 11.8 Å². The molecule has 0 bridgehead atoms. The average Bonchev–Trinajstić information content (AvgIpc) is 2.48. The van der Waals surface area contributed by atoms with Crippen molar-refractivity contribution in [3.05, 3.63) is 60.2 Å². The molecule has 0 aliphatic heterocycles. The minimum Gasteiger partial charge on any atom is -0.469 e. The number of anilines is 1. The van der Waals surface area contributed by atoms with Crippen LogP contribution in [0, 0.1) is 0 Å². The summed E-state index contributed by atoms with van der Waals surface area (Å²) in [7, 11) is 0. The molecule has 1 atom stereocenters. The summed E-state index contributed by atoms with van der Waals surface area (Å²) in [5, 5.41) is 0.865. The quantitative estimate of drug-likeness (QED) is 0.788. The Morgan fingerprint density at radius 3 is 2.45 bits per heavy atom. The molecule has 1 unspecified atom stereocenters. The molecule has 0 fully saturated rings. The van der Waals surface area contributed by atoms with Gasteiger partial charge < -0.3 is 10.5 Å². The number of fused-ring (bicyclic) bond motifs is 1. The number of hydrogen-bond donors (Lipinski definition) is 1. The normalized spacial score (nSPS) is 12.2. The highest BCUT2D eigenvalue weighted by Crippen LogP contribution is 2.27. The molecular weight excluding hydrogens is 250 g/mol. The third-order valence-corrected chi connectivity index (χ3v) is 3.14. The molecule has 0 radical (unpaired) electrons. The van der Waals surface area contributed by atoms with Crippen molar-refractivity contribution in [1.29, 1.82) is 0 Å². The molecule has 4 nitrogen and oxygen atoms in total. The highest BCUT2D eigenvalue weighted by atomic mass is 16.5. The Morgan fingerprint density at radius 1 is 0.950 bits per heavy atom. The number of rotatable bonds is 3. The molecule has 0 aliphatic carbocycles. The van der Waals surface area contributed by atoms with E-state index in [4.69, 9.17) is 10.5 Å². The van der Waals surface area contributed by atoms with Crippen LogP contribution in [-0.4, -0.2) is 9.97 Å². The zero-order valence-electron chi connectivity index (χ0n) is 11.2. The number of nitrogen functional groups attached to an aromatic ring is 1. The van der Waals surface area contributed by atoms with Crippen molar-refractivity contribution in [3.63, 3.8) is 0 Å². The predicted molar refractivity (Wildman–Crippen MR) is 79.4 cm³/mol. The molecule has 0 spiro atoms. The van der Waals surface area contributed by atoms with Crippen molar-refractivity contribution >= 4 is 16.9 Å². The average molecular weight is 265 g/mol. The summed E-state index contributed by atoms with van der Waals surface area (Å²) in [5.74, 6) is 0.739. The van der Waals surface area contributed by atoms with Crippen LogP contribution < -0.4 is 10.5 Å². The summed E-state index contributed by atoms with van der Waals surface area (Å²) in [5.41, 5.74) is 7.62. The van der Waals surface area contributed by atoms with E-state index in [2.05, 4.69) is 9.97 Å². The van der Waals surface area contributed by atoms with Crippen molar-refractivity contribution in [2.45, 2.75) is 13.0 Å². The molecule has 2 N–H and O–H groups in total. The van der Waals surface area contributed by atoms with E-state index < -0.39 is 0 Å². The van der Waals surface area contributed by atoms with Gasteiger partial charge in [0.25, 0.3) is 0 Å². The van der Waals surface area contributed by atoms with Gasteiger partial charge in [0, 0.05) is 0 Å². The lowest BCUT2D eigenvalue weighted by molar-refractivity contribution is 0.221. The third-order valence-electron chi connectivity index (χ3n) is 3.14. The molecule has 4 heteroatoms. The fraction of sp³-hybridized carbons (Fsp3) is 0.125. The van der Waals surface area contributed by atoms with Gasteiger partial charge in [-0.1, -0.05) is 42.5 Å². The first kappa shape index (κ1) is 12.4. The molecule has 2 aromatic carbocycles. The summed E-state index contributed by atoms with van der Waals surface area (Å²) < 4.78 is 5.96. The topological polar surface area (TPSA) is 61.0 Å². The van der Waals surface area contributed by atoms with Crippen LogP contribution in [0.5, 0.6) is 5.88 Å². The summed E-state index contributed by atoms with van der Waals surface area (Å²) in [6, 6.07) is 17.7. The van der Waals surface area contributed by atoms with E-state index in [1.807, 2.05) is 61.5 Å². The van der Waals surface area contributed by atoms with E-state index in [-0.39, 0.29) is 12.1 Å². The van der Waals surface area contributed by atoms with Crippen LogP contribution in [0.1, 0.15) is 18.6 Å². The van der Waals surface area contributed by atoms with Crippen LogP contribution in [0.3, 0.4) is 0 Å². The minimum absolute atomic E-state index is 0.103. The number of nitrogens with zero attached hydrogens (tertiary/aromatic N) is 2. The third kappa shape index (κ3) is 2.40. The first-order valence-electron chi connectivity index (χ1n) is 6.48. The zero-order chi connectivity index (χ0) is 13.9. The van der Waals surface area contributed by atoms with Crippen LogP contribution in [-0.2, 0) is 0 Å². The highest BCUT2D eigenvalue weighted by Gasteiger charge is 2.12. The van der Waals surface area contributed by atoms with Crippen LogP contribution in [0.25, 0.3) is 10.9 Å². The number of nitrogens with two attached hydrogens (primary N) is 1. The summed E-state index contributed by atoms with van der Waals surface area (Å²) in [6.45, 7) is 1.99. The van der Waals surface area contributed by atoms with E-state index in [9.17, 15) is 0 Å². The largest absolute Gasteiger partial charge is 0.469 e. The fourth-order valence-electron chi connectivity index (χ4n) is 2.11. The van der Waals surface area contributed by atoms with Crippen molar-refractivity contribution in [1.82, 2.24) is 9.97 Å². The second-order valence-corrected chi connectivity index (χ2v) is 4.57. The van der Waals surface area contributed by atoms with Crippen LogP contribution in [0.2, 0.25) is 0 Å². The van der Waals surface area contributed by atoms with Crippen molar-refractivity contribution < 1.29 is 4.74 Å². The Kier molecular flexibility index (Phi) is 3.21. The lowest BCUT2D eigenvalue weighted by Gasteiger charge is -2.15. The fourth-order valence-corrected chi connectivity index (χ4v) is 2.11. The Bertz CT molecular complexity index is 728. The maximum Gasteiger partial charge on any atom is 0.226 e. The van der Waals surface area contributed by atoms with Gasteiger partial charge >= 0.3 is 0 Å². The van der Waals surface area contributed by atoms with E-state index in [0.29, 0.717) is 5.88 Å². The Hall–Kier alpha value is -2.62. The van der Waals surface area contributed by atoms with E-state index in [0.717, 1.165) is 16.5 Å². The smallest absolute Gasteiger partial charge is 0.226 e. The molecule has 1 aromatic heterocycles. The van der Waals surface area contributed by atoms with Gasteiger partial charge in [0.1, 0.15) is 6.10 Å². The number of aromatic nitrogens is 2. The van der Waals surface area contributed by atoms with Gasteiger partial charge in [-0.15, -0.1) is 0 Å². The van der Waals surface area contributed by atoms with Crippen molar-refractivity contribution in [2.24, 2.45) is 0 Å². The molecule has 3 aromatic rings. The predicted octanol–water partition coefficient (Wildman–Crippen LogP) is 3.35. The van der Waals surface area contributed by atoms with Gasteiger partial charge in [0.05, 0.1) is 10.9 Å². The number of hydrogen-bond acceptors (Lipinski definition) is 4. The first-order valence-corrected chi connectivity index (χ1v) is 6.48. The van der Waals surface area contributed by atoms with E-state index >= 15 is 0 Å². The number of para-hydroxylation sites is 1. The van der Waals surface area contributed by atoms with E-state index in [1.165, 1.54) is 0 Å².